The summed E-state index contributed by atoms with van der Waals surface area (Å²) >= 11 is 7.27. The zero-order valence-electron chi connectivity index (χ0n) is 9.07. The first-order valence-corrected chi connectivity index (χ1v) is 6.49. The minimum Gasteiger partial charge on any atom is -0.327 e. The van der Waals surface area contributed by atoms with Gasteiger partial charge in [-0.15, -0.1) is 11.3 Å². The fraction of sp³-hybridized carbons (Fsp3) is 0.250. The lowest BCUT2D eigenvalue weighted by Crippen LogP contribution is -2.25. The zero-order chi connectivity index (χ0) is 12.3. The molecule has 2 rings (SSSR count). The molecular weight excluding hydrogens is 259 g/mol. The summed E-state index contributed by atoms with van der Waals surface area (Å²) in [6.07, 6.45) is 2.86. The lowest BCUT2D eigenvalue weighted by Gasteiger charge is -2.11. The SMILES string of the molecule is NC(Cc1nccs1)Cc1cccc(Cl)c1F. The minimum atomic E-state index is -0.372. The van der Waals surface area contributed by atoms with E-state index in [1.807, 2.05) is 5.38 Å². The highest BCUT2D eigenvalue weighted by atomic mass is 35.5. The van der Waals surface area contributed by atoms with Crippen molar-refractivity contribution in [2.75, 3.05) is 0 Å². The van der Waals surface area contributed by atoms with Gasteiger partial charge in [-0.2, -0.15) is 0 Å². The van der Waals surface area contributed by atoms with Crippen LogP contribution in [0.4, 0.5) is 4.39 Å². The molecule has 0 aliphatic heterocycles. The summed E-state index contributed by atoms with van der Waals surface area (Å²) in [5, 5.41) is 3.02. The van der Waals surface area contributed by atoms with Gasteiger partial charge in [-0.3, -0.25) is 0 Å². The number of nitrogens with zero attached hydrogens (tertiary/aromatic N) is 1. The van der Waals surface area contributed by atoms with Gasteiger partial charge in [0.15, 0.2) is 0 Å². The van der Waals surface area contributed by atoms with Gasteiger partial charge in [0.1, 0.15) is 5.82 Å². The van der Waals surface area contributed by atoms with Crippen molar-refractivity contribution in [3.8, 4) is 0 Å². The molecule has 0 aliphatic carbocycles. The number of rotatable bonds is 4. The van der Waals surface area contributed by atoms with Crippen LogP contribution in [0.15, 0.2) is 29.8 Å². The van der Waals surface area contributed by atoms with Gasteiger partial charge in [0, 0.05) is 24.0 Å². The van der Waals surface area contributed by atoms with Crippen molar-refractivity contribution in [3.63, 3.8) is 0 Å². The molecule has 2 N–H and O–H groups in total. The molecule has 1 heterocycles. The first-order valence-electron chi connectivity index (χ1n) is 5.23. The summed E-state index contributed by atoms with van der Waals surface area (Å²) in [5.74, 6) is -0.372. The highest BCUT2D eigenvalue weighted by Crippen LogP contribution is 2.19. The Bertz CT molecular complexity index is 487. The van der Waals surface area contributed by atoms with Crippen LogP contribution >= 0.6 is 22.9 Å². The van der Waals surface area contributed by atoms with Crippen molar-refractivity contribution in [2.24, 2.45) is 5.73 Å². The third-order valence-electron chi connectivity index (χ3n) is 2.43. The normalized spacial score (nSPS) is 12.6. The van der Waals surface area contributed by atoms with Gasteiger partial charge in [-0.1, -0.05) is 23.7 Å². The number of thiazole rings is 1. The molecule has 2 aromatic rings. The number of benzene rings is 1. The van der Waals surface area contributed by atoms with Gasteiger partial charge in [-0.05, 0) is 18.1 Å². The van der Waals surface area contributed by atoms with Crippen LogP contribution in [0.3, 0.4) is 0 Å². The molecule has 5 heteroatoms. The van der Waals surface area contributed by atoms with Crippen LogP contribution < -0.4 is 5.73 Å². The summed E-state index contributed by atoms with van der Waals surface area (Å²) in [6, 6.07) is 4.83. The monoisotopic (exact) mass is 270 g/mol. The molecule has 0 bridgehead atoms. The quantitative estimate of drug-likeness (QED) is 0.927. The van der Waals surface area contributed by atoms with E-state index in [1.54, 1.807) is 29.7 Å². The minimum absolute atomic E-state index is 0.143. The molecule has 90 valence electrons. The third-order valence-corrected chi connectivity index (χ3v) is 3.53. The largest absolute Gasteiger partial charge is 0.327 e. The van der Waals surface area contributed by atoms with E-state index in [0.29, 0.717) is 18.4 Å². The van der Waals surface area contributed by atoms with Crippen LogP contribution in [-0.2, 0) is 12.8 Å². The van der Waals surface area contributed by atoms with Crippen molar-refractivity contribution in [1.82, 2.24) is 4.98 Å². The number of hydrogen-bond donors (Lipinski definition) is 1. The highest BCUT2D eigenvalue weighted by molar-refractivity contribution is 7.09. The molecule has 0 saturated heterocycles. The van der Waals surface area contributed by atoms with Crippen molar-refractivity contribution in [3.05, 3.63) is 51.2 Å². The smallest absolute Gasteiger partial charge is 0.145 e. The van der Waals surface area contributed by atoms with Gasteiger partial charge < -0.3 is 5.73 Å². The summed E-state index contributed by atoms with van der Waals surface area (Å²) in [6.45, 7) is 0. The van der Waals surface area contributed by atoms with Crippen molar-refractivity contribution >= 4 is 22.9 Å². The van der Waals surface area contributed by atoms with Gasteiger partial charge in [0.05, 0.1) is 10.0 Å². The molecule has 0 amide bonds. The van der Waals surface area contributed by atoms with Gasteiger partial charge in [0.2, 0.25) is 0 Å². The van der Waals surface area contributed by atoms with E-state index in [9.17, 15) is 4.39 Å². The molecule has 1 atom stereocenters. The Morgan fingerprint density at radius 1 is 1.41 bits per heavy atom. The van der Waals surface area contributed by atoms with Gasteiger partial charge in [0.25, 0.3) is 0 Å². The molecule has 1 aromatic carbocycles. The molecule has 0 saturated carbocycles. The van der Waals surface area contributed by atoms with E-state index in [-0.39, 0.29) is 16.9 Å². The van der Waals surface area contributed by atoms with E-state index >= 15 is 0 Å². The first-order chi connectivity index (χ1) is 8.16. The summed E-state index contributed by atoms with van der Waals surface area (Å²) in [5.41, 5.74) is 6.53. The Kier molecular flexibility index (Phi) is 4.10. The average Bonchev–Trinajstić information content (AvgIpc) is 2.77. The van der Waals surface area contributed by atoms with Crippen LogP contribution in [0.2, 0.25) is 5.02 Å². The Labute approximate surface area is 108 Å². The van der Waals surface area contributed by atoms with Crippen molar-refractivity contribution < 1.29 is 4.39 Å². The van der Waals surface area contributed by atoms with Crippen molar-refractivity contribution in [2.45, 2.75) is 18.9 Å². The van der Waals surface area contributed by atoms with E-state index in [2.05, 4.69) is 4.98 Å². The van der Waals surface area contributed by atoms with Crippen LogP contribution in [0.1, 0.15) is 10.6 Å². The molecule has 0 spiro atoms. The molecule has 0 radical (unpaired) electrons. The first kappa shape index (κ1) is 12.5. The summed E-state index contributed by atoms with van der Waals surface area (Å²) < 4.78 is 13.6. The Balaban J connectivity index is 2.03. The number of hydrogen-bond acceptors (Lipinski definition) is 3. The lowest BCUT2D eigenvalue weighted by molar-refractivity contribution is 0.584. The maximum atomic E-state index is 13.6. The van der Waals surface area contributed by atoms with Crippen LogP contribution in [0, 0.1) is 5.82 Å². The van der Waals surface area contributed by atoms with E-state index in [4.69, 9.17) is 17.3 Å². The second-order valence-electron chi connectivity index (χ2n) is 3.81. The topological polar surface area (TPSA) is 38.9 Å². The second-order valence-corrected chi connectivity index (χ2v) is 5.19. The average molecular weight is 271 g/mol. The van der Waals surface area contributed by atoms with E-state index in [1.165, 1.54) is 6.07 Å². The molecule has 0 aliphatic rings. The highest BCUT2D eigenvalue weighted by Gasteiger charge is 2.12. The molecule has 1 unspecified atom stereocenters. The fourth-order valence-corrected chi connectivity index (χ4v) is 2.54. The lowest BCUT2D eigenvalue weighted by atomic mass is 10.0. The van der Waals surface area contributed by atoms with Gasteiger partial charge in [-0.25, -0.2) is 9.37 Å². The fourth-order valence-electron chi connectivity index (χ4n) is 1.64. The molecular formula is C12H12ClFN2S. The van der Waals surface area contributed by atoms with Crippen LogP contribution in [0.5, 0.6) is 0 Å². The van der Waals surface area contributed by atoms with Crippen molar-refractivity contribution in [1.29, 1.82) is 0 Å². The Morgan fingerprint density at radius 2 is 2.24 bits per heavy atom. The predicted molar refractivity (Wildman–Crippen MR) is 68.9 cm³/mol. The molecule has 0 fully saturated rings. The Hall–Kier alpha value is -0.970. The van der Waals surface area contributed by atoms with Gasteiger partial charge >= 0.3 is 0 Å². The predicted octanol–water partition coefficient (Wildman–Crippen LogP) is 3.05. The van der Waals surface area contributed by atoms with E-state index in [0.717, 1.165) is 5.01 Å². The Morgan fingerprint density at radius 3 is 2.94 bits per heavy atom. The second kappa shape index (κ2) is 5.58. The molecule has 17 heavy (non-hydrogen) atoms. The standard InChI is InChI=1S/C12H12ClFN2S/c13-10-3-1-2-8(12(10)14)6-9(15)7-11-16-4-5-17-11/h1-5,9H,6-7,15H2. The van der Waals surface area contributed by atoms with Crippen LogP contribution in [-0.4, -0.2) is 11.0 Å². The third kappa shape index (κ3) is 3.25. The summed E-state index contributed by atoms with van der Waals surface area (Å²) in [7, 11) is 0. The zero-order valence-corrected chi connectivity index (χ0v) is 10.6. The van der Waals surface area contributed by atoms with Crippen LogP contribution in [0.25, 0.3) is 0 Å². The molecule has 2 nitrogen and oxygen atoms in total. The maximum absolute atomic E-state index is 13.6. The number of aromatic nitrogens is 1. The number of nitrogens with two attached hydrogens (primary N) is 1. The molecule has 1 aromatic heterocycles. The number of halogens is 2. The maximum Gasteiger partial charge on any atom is 0.145 e. The summed E-state index contributed by atoms with van der Waals surface area (Å²) in [4.78, 5) is 4.16. The van der Waals surface area contributed by atoms with E-state index < -0.39 is 0 Å².